The van der Waals surface area contributed by atoms with E-state index >= 15 is 0 Å². The molecule has 0 spiro atoms. The van der Waals surface area contributed by atoms with Crippen LogP contribution in [0.2, 0.25) is 5.02 Å². The Kier molecular flexibility index (Phi) is 7.96. The second-order valence-electron chi connectivity index (χ2n) is 7.74. The van der Waals surface area contributed by atoms with E-state index in [9.17, 15) is 0 Å². The molecule has 0 saturated carbocycles. The first-order chi connectivity index (χ1) is 14.1. The summed E-state index contributed by atoms with van der Waals surface area (Å²) in [6, 6.07) is 14.2. The van der Waals surface area contributed by atoms with E-state index in [1.165, 1.54) is 5.56 Å². The molecule has 0 unspecified atom stereocenters. The van der Waals surface area contributed by atoms with Gasteiger partial charge in [-0.05, 0) is 24.0 Å². The van der Waals surface area contributed by atoms with Crippen molar-refractivity contribution >= 4 is 17.3 Å². The summed E-state index contributed by atoms with van der Waals surface area (Å²) in [7, 11) is 1.69. The Hall–Kier alpha value is -2.04. The van der Waals surface area contributed by atoms with E-state index in [1.807, 2.05) is 30.3 Å². The van der Waals surface area contributed by atoms with Crippen LogP contribution in [0.25, 0.3) is 0 Å². The molecule has 5 heteroatoms. The molecule has 0 saturated heterocycles. The number of halogens is 1. The summed E-state index contributed by atoms with van der Waals surface area (Å²) in [5.41, 5.74) is 3.21. The molecule has 0 amide bonds. The van der Waals surface area contributed by atoms with Crippen molar-refractivity contribution in [2.24, 2.45) is 16.8 Å². The zero-order valence-electron chi connectivity index (χ0n) is 17.5. The smallest absolute Gasteiger partial charge is 0.141 e. The van der Waals surface area contributed by atoms with Crippen LogP contribution < -0.4 is 9.47 Å². The Balaban J connectivity index is 1.88. The van der Waals surface area contributed by atoms with Crippen molar-refractivity contribution in [1.29, 1.82) is 0 Å². The van der Waals surface area contributed by atoms with Gasteiger partial charge in [-0.15, -0.1) is 0 Å². The van der Waals surface area contributed by atoms with Crippen molar-refractivity contribution in [2.45, 2.75) is 33.2 Å². The lowest BCUT2D eigenvalue weighted by Crippen LogP contribution is -2.18. The van der Waals surface area contributed by atoms with Crippen LogP contribution in [0.4, 0.5) is 0 Å². The molecule has 1 aliphatic heterocycles. The molecule has 4 nitrogen and oxygen atoms in total. The lowest BCUT2D eigenvalue weighted by Gasteiger charge is -2.18. The van der Waals surface area contributed by atoms with E-state index < -0.39 is 0 Å². The average Bonchev–Trinajstić information content (AvgIpc) is 2.90. The third kappa shape index (κ3) is 5.97. The van der Waals surface area contributed by atoms with Gasteiger partial charge in [0, 0.05) is 43.4 Å². The first kappa shape index (κ1) is 21.7. The average molecular weight is 416 g/mol. The third-order valence-electron chi connectivity index (χ3n) is 5.24. The SMILES string of the molecule is COCCCOc1cc2c(cc1Cl)C(=NCc1ccccc1)C[C@H](C(C)C)CO2. The molecule has 2 aromatic carbocycles. The van der Waals surface area contributed by atoms with Crippen LogP contribution in [0, 0.1) is 11.8 Å². The molecule has 1 atom stereocenters. The van der Waals surface area contributed by atoms with Gasteiger partial charge >= 0.3 is 0 Å². The van der Waals surface area contributed by atoms with Crippen LogP contribution >= 0.6 is 11.6 Å². The van der Waals surface area contributed by atoms with Gasteiger partial charge in [-0.2, -0.15) is 0 Å². The highest BCUT2D eigenvalue weighted by Gasteiger charge is 2.26. The fraction of sp³-hybridized carbons (Fsp3) is 0.458. The molecular formula is C24H30ClNO3. The molecule has 0 aliphatic carbocycles. The van der Waals surface area contributed by atoms with Crippen molar-refractivity contribution < 1.29 is 14.2 Å². The number of hydrogen-bond acceptors (Lipinski definition) is 4. The summed E-state index contributed by atoms with van der Waals surface area (Å²) in [6.45, 7) is 6.99. The number of hydrogen-bond donors (Lipinski definition) is 0. The van der Waals surface area contributed by atoms with Gasteiger partial charge in [0.25, 0.3) is 0 Å². The second-order valence-corrected chi connectivity index (χ2v) is 8.15. The van der Waals surface area contributed by atoms with E-state index in [2.05, 4.69) is 26.0 Å². The highest BCUT2D eigenvalue weighted by molar-refractivity contribution is 6.32. The molecule has 0 fully saturated rings. The van der Waals surface area contributed by atoms with Crippen molar-refractivity contribution in [3.8, 4) is 11.5 Å². The molecule has 1 aliphatic rings. The molecule has 0 radical (unpaired) electrons. The fourth-order valence-corrected chi connectivity index (χ4v) is 3.56. The summed E-state index contributed by atoms with van der Waals surface area (Å²) in [5.74, 6) is 2.35. The number of methoxy groups -OCH3 is 1. The van der Waals surface area contributed by atoms with Crippen molar-refractivity contribution in [2.75, 3.05) is 26.9 Å². The standard InChI is InChI=1S/C24H30ClNO3/c1-17(2)19-12-22(26-15-18-8-5-4-6-9-18)20-13-21(25)24(14-23(20)29-16-19)28-11-7-10-27-3/h4-6,8-9,13-14,17,19H,7,10-12,15-16H2,1-3H3/t19-/m0/s1. The lowest BCUT2D eigenvalue weighted by molar-refractivity contribution is 0.172. The Bertz CT molecular complexity index is 820. The lowest BCUT2D eigenvalue weighted by atomic mass is 9.90. The first-order valence-corrected chi connectivity index (χ1v) is 10.6. The fourth-order valence-electron chi connectivity index (χ4n) is 3.34. The molecular weight excluding hydrogens is 386 g/mol. The number of nitrogens with zero attached hydrogens (tertiary/aromatic N) is 1. The van der Waals surface area contributed by atoms with Crippen molar-refractivity contribution in [1.82, 2.24) is 0 Å². The van der Waals surface area contributed by atoms with Crippen LogP contribution in [-0.4, -0.2) is 32.6 Å². The summed E-state index contributed by atoms with van der Waals surface area (Å²) in [5, 5.41) is 0.583. The first-order valence-electron chi connectivity index (χ1n) is 10.2. The minimum absolute atomic E-state index is 0.404. The van der Waals surface area contributed by atoms with E-state index in [0.29, 0.717) is 49.0 Å². The van der Waals surface area contributed by atoms with E-state index in [1.54, 1.807) is 7.11 Å². The highest BCUT2D eigenvalue weighted by Crippen LogP contribution is 2.37. The van der Waals surface area contributed by atoms with Gasteiger partial charge in [0.1, 0.15) is 11.5 Å². The van der Waals surface area contributed by atoms with Crippen molar-refractivity contribution in [3.05, 3.63) is 58.6 Å². The topological polar surface area (TPSA) is 40.0 Å². The van der Waals surface area contributed by atoms with E-state index in [0.717, 1.165) is 29.9 Å². The van der Waals surface area contributed by atoms with E-state index in [4.69, 9.17) is 30.8 Å². The van der Waals surface area contributed by atoms with Gasteiger partial charge in [-0.3, -0.25) is 4.99 Å². The van der Waals surface area contributed by atoms with Crippen LogP contribution in [0.5, 0.6) is 11.5 Å². The van der Waals surface area contributed by atoms with Gasteiger partial charge in [-0.1, -0.05) is 55.8 Å². The maximum atomic E-state index is 6.54. The highest BCUT2D eigenvalue weighted by atomic mass is 35.5. The summed E-state index contributed by atoms with van der Waals surface area (Å²) < 4.78 is 17.1. The monoisotopic (exact) mass is 415 g/mol. The van der Waals surface area contributed by atoms with Gasteiger partial charge in [0.15, 0.2) is 0 Å². The largest absolute Gasteiger partial charge is 0.492 e. The number of rotatable bonds is 8. The third-order valence-corrected chi connectivity index (χ3v) is 5.54. The number of aliphatic imine (C=N–C) groups is 1. The van der Waals surface area contributed by atoms with Gasteiger partial charge in [0.2, 0.25) is 0 Å². The maximum Gasteiger partial charge on any atom is 0.141 e. The summed E-state index contributed by atoms with van der Waals surface area (Å²) in [4.78, 5) is 4.97. The Labute approximate surface area is 178 Å². The predicted molar refractivity (Wildman–Crippen MR) is 119 cm³/mol. The van der Waals surface area contributed by atoms with E-state index in [-0.39, 0.29) is 0 Å². The summed E-state index contributed by atoms with van der Waals surface area (Å²) in [6.07, 6.45) is 1.69. The Morgan fingerprint density at radius 1 is 1.17 bits per heavy atom. The van der Waals surface area contributed by atoms with Crippen LogP contribution in [0.3, 0.4) is 0 Å². The Morgan fingerprint density at radius 3 is 2.69 bits per heavy atom. The van der Waals surface area contributed by atoms with Gasteiger partial charge < -0.3 is 14.2 Å². The molecule has 1 heterocycles. The molecule has 29 heavy (non-hydrogen) atoms. The molecule has 3 rings (SSSR count). The maximum absolute atomic E-state index is 6.54. The number of fused-ring (bicyclic) bond motifs is 1. The number of ether oxygens (including phenoxy) is 3. The molecule has 0 bridgehead atoms. The van der Waals surface area contributed by atoms with Crippen LogP contribution in [0.1, 0.15) is 37.8 Å². The summed E-state index contributed by atoms with van der Waals surface area (Å²) >= 11 is 6.54. The number of benzene rings is 2. The predicted octanol–water partition coefficient (Wildman–Crippen LogP) is 5.80. The normalized spacial score (nSPS) is 17.7. The zero-order valence-corrected chi connectivity index (χ0v) is 18.2. The van der Waals surface area contributed by atoms with Crippen LogP contribution in [0.15, 0.2) is 47.5 Å². The minimum atomic E-state index is 0.404. The molecule has 0 N–H and O–H groups in total. The molecule has 2 aromatic rings. The molecule has 0 aromatic heterocycles. The van der Waals surface area contributed by atoms with Crippen LogP contribution in [-0.2, 0) is 11.3 Å². The quantitative estimate of drug-likeness (QED) is 0.511. The Morgan fingerprint density at radius 2 is 1.97 bits per heavy atom. The minimum Gasteiger partial charge on any atom is -0.492 e. The van der Waals surface area contributed by atoms with Gasteiger partial charge in [-0.25, -0.2) is 0 Å². The second kappa shape index (κ2) is 10.7. The zero-order chi connectivity index (χ0) is 20.6. The molecule has 156 valence electrons. The van der Waals surface area contributed by atoms with Crippen molar-refractivity contribution in [3.63, 3.8) is 0 Å². The van der Waals surface area contributed by atoms with Gasteiger partial charge in [0.05, 0.1) is 24.8 Å².